The topological polar surface area (TPSA) is 3.88 Å². The summed E-state index contributed by atoms with van der Waals surface area (Å²) < 4.78 is 2.21. The lowest BCUT2D eigenvalue weighted by molar-refractivity contribution is -0.688. The average molecular weight is 341 g/mol. The summed E-state index contributed by atoms with van der Waals surface area (Å²) in [6.45, 7) is 19.0. The molecule has 25 heavy (non-hydrogen) atoms. The molecular weight excluding hydrogens is 302 g/mol. The van der Waals surface area contributed by atoms with Gasteiger partial charge in [0.15, 0.2) is 18.9 Å². The molecule has 1 heterocycles. The number of pyridine rings is 1. The van der Waals surface area contributed by atoms with Gasteiger partial charge < -0.3 is 0 Å². The SMILES string of the molecule is CC.CC(C)(C)CC(c1ccc(C[n+]2ccccc2)cc1)C(C)(C)C. The van der Waals surface area contributed by atoms with Gasteiger partial charge in [-0.2, -0.15) is 0 Å². The van der Waals surface area contributed by atoms with E-state index in [-0.39, 0.29) is 5.41 Å². The summed E-state index contributed by atoms with van der Waals surface area (Å²) in [6.07, 6.45) is 5.44. The van der Waals surface area contributed by atoms with Gasteiger partial charge in [0.25, 0.3) is 0 Å². The molecule has 0 amide bonds. The molecule has 0 aliphatic heterocycles. The van der Waals surface area contributed by atoms with Gasteiger partial charge in [0, 0.05) is 17.7 Å². The summed E-state index contributed by atoms with van der Waals surface area (Å²) >= 11 is 0. The third kappa shape index (κ3) is 7.42. The highest BCUT2D eigenvalue weighted by molar-refractivity contribution is 5.26. The summed E-state index contributed by atoms with van der Waals surface area (Å²) in [5, 5.41) is 0. The Labute approximate surface area is 156 Å². The summed E-state index contributed by atoms with van der Waals surface area (Å²) in [5.41, 5.74) is 3.45. The molecule has 0 fully saturated rings. The molecular formula is C24H38N+. The van der Waals surface area contributed by atoms with Crippen LogP contribution in [0.3, 0.4) is 0 Å². The smallest absolute Gasteiger partial charge is 0.173 e. The van der Waals surface area contributed by atoms with Gasteiger partial charge in [0.2, 0.25) is 0 Å². The fourth-order valence-electron chi connectivity index (χ4n) is 3.14. The van der Waals surface area contributed by atoms with Gasteiger partial charge in [-0.05, 0) is 28.7 Å². The van der Waals surface area contributed by atoms with Crippen molar-refractivity contribution >= 4 is 0 Å². The first-order valence-corrected chi connectivity index (χ1v) is 9.68. The van der Waals surface area contributed by atoms with E-state index in [0.717, 1.165) is 6.54 Å². The van der Waals surface area contributed by atoms with E-state index >= 15 is 0 Å². The zero-order valence-corrected chi connectivity index (χ0v) is 17.6. The molecule has 2 rings (SSSR count). The Bertz CT molecular complexity index is 597. The minimum absolute atomic E-state index is 0.281. The molecule has 0 bridgehead atoms. The Balaban J connectivity index is 0.00000151. The second-order valence-corrected chi connectivity index (χ2v) is 8.97. The normalized spacial score (nSPS) is 13.0. The van der Waals surface area contributed by atoms with Crippen molar-refractivity contribution in [1.29, 1.82) is 0 Å². The van der Waals surface area contributed by atoms with Gasteiger partial charge in [-0.15, -0.1) is 0 Å². The van der Waals surface area contributed by atoms with Crippen molar-refractivity contribution in [3.63, 3.8) is 0 Å². The molecule has 0 saturated heterocycles. The van der Waals surface area contributed by atoms with Crippen LogP contribution < -0.4 is 4.57 Å². The largest absolute Gasteiger partial charge is 0.201 e. The van der Waals surface area contributed by atoms with Crippen molar-refractivity contribution in [2.24, 2.45) is 10.8 Å². The first kappa shape index (κ1) is 21.4. The maximum atomic E-state index is 2.36. The maximum absolute atomic E-state index is 2.36. The number of rotatable bonds is 4. The number of hydrogen-bond donors (Lipinski definition) is 0. The lowest BCUT2D eigenvalue weighted by atomic mass is 9.69. The zero-order chi connectivity index (χ0) is 19.1. The zero-order valence-electron chi connectivity index (χ0n) is 17.6. The molecule has 138 valence electrons. The van der Waals surface area contributed by atoms with Gasteiger partial charge >= 0.3 is 0 Å². The van der Waals surface area contributed by atoms with Crippen molar-refractivity contribution in [3.05, 3.63) is 66.0 Å². The van der Waals surface area contributed by atoms with E-state index in [9.17, 15) is 0 Å². The number of nitrogens with zero attached hydrogens (tertiary/aromatic N) is 1. The van der Waals surface area contributed by atoms with E-state index in [2.05, 4.69) is 101 Å². The molecule has 0 N–H and O–H groups in total. The Kier molecular flexibility index (Phi) is 7.86. The van der Waals surface area contributed by atoms with E-state index in [1.54, 1.807) is 0 Å². The van der Waals surface area contributed by atoms with E-state index in [4.69, 9.17) is 0 Å². The first-order valence-electron chi connectivity index (χ1n) is 9.68. The Morgan fingerprint density at radius 3 is 1.76 bits per heavy atom. The summed E-state index contributed by atoms with van der Waals surface area (Å²) in [5.74, 6) is 0.584. The standard InChI is InChI=1S/C22H32N.C2H6/c1-21(2,3)16-20(22(4,5)6)19-12-10-18(11-13-19)17-23-14-8-7-9-15-23;1-2/h7-15,20H,16-17H2,1-6H3;1-2H3/q+1;. The highest BCUT2D eigenvalue weighted by atomic mass is 14.9. The highest BCUT2D eigenvalue weighted by Crippen LogP contribution is 2.42. The van der Waals surface area contributed by atoms with Gasteiger partial charge in [-0.25, -0.2) is 4.57 Å². The first-order chi connectivity index (χ1) is 11.6. The van der Waals surface area contributed by atoms with E-state index in [1.165, 1.54) is 17.5 Å². The van der Waals surface area contributed by atoms with Crippen molar-refractivity contribution in [3.8, 4) is 0 Å². The predicted molar refractivity (Wildman–Crippen MR) is 110 cm³/mol. The summed E-state index contributed by atoms with van der Waals surface area (Å²) in [4.78, 5) is 0. The van der Waals surface area contributed by atoms with Crippen LogP contribution in [0.2, 0.25) is 0 Å². The fraction of sp³-hybridized carbons (Fsp3) is 0.542. The molecule has 0 aliphatic carbocycles. The van der Waals surface area contributed by atoms with Crippen molar-refractivity contribution in [2.75, 3.05) is 0 Å². The monoisotopic (exact) mass is 340 g/mol. The number of aromatic nitrogens is 1. The van der Waals surface area contributed by atoms with E-state index < -0.39 is 0 Å². The minimum atomic E-state index is 0.281. The van der Waals surface area contributed by atoms with Crippen LogP contribution in [0, 0.1) is 10.8 Å². The molecule has 1 aromatic carbocycles. The van der Waals surface area contributed by atoms with Crippen LogP contribution in [0.5, 0.6) is 0 Å². The maximum Gasteiger partial charge on any atom is 0.173 e. The minimum Gasteiger partial charge on any atom is -0.201 e. The van der Waals surface area contributed by atoms with Crippen LogP contribution in [0.4, 0.5) is 0 Å². The molecule has 1 aromatic heterocycles. The molecule has 0 spiro atoms. The summed E-state index contributed by atoms with van der Waals surface area (Å²) in [6, 6.07) is 15.5. The third-order valence-corrected chi connectivity index (χ3v) is 4.39. The molecule has 0 saturated carbocycles. The van der Waals surface area contributed by atoms with Crippen molar-refractivity contribution in [1.82, 2.24) is 0 Å². The molecule has 1 atom stereocenters. The lowest BCUT2D eigenvalue weighted by Crippen LogP contribution is -2.32. The van der Waals surface area contributed by atoms with Gasteiger partial charge in [0.1, 0.15) is 0 Å². The van der Waals surface area contributed by atoms with Crippen LogP contribution in [0.1, 0.15) is 78.9 Å². The van der Waals surface area contributed by atoms with Gasteiger partial charge in [-0.1, -0.05) is 85.7 Å². The molecule has 1 nitrogen and oxygen atoms in total. The Hall–Kier alpha value is -1.63. The predicted octanol–water partition coefficient (Wildman–Crippen LogP) is 6.61. The molecule has 1 unspecified atom stereocenters. The number of hydrogen-bond acceptors (Lipinski definition) is 0. The lowest BCUT2D eigenvalue weighted by Gasteiger charge is -2.36. The van der Waals surface area contributed by atoms with Crippen molar-refractivity contribution < 1.29 is 4.57 Å². The highest BCUT2D eigenvalue weighted by Gasteiger charge is 2.30. The van der Waals surface area contributed by atoms with Gasteiger partial charge in [-0.3, -0.25) is 0 Å². The third-order valence-electron chi connectivity index (χ3n) is 4.39. The van der Waals surface area contributed by atoms with Crippen molar-refractivity contribution in [2.45, 2.75) is 74.3 Å². The second-order valence-electron chi connectivity index (χ2n) is 8.97. The van der Waals surface area contributed by atoms with Crippen LogP contribution in [0.25, 0.3) is 0 Å². The molecule has 0 radical (unpaired) electrons. The van der Waals surface area contributed by atoms with Crippen LogP contribution in [-0.2, 0) is 6.54 Å². The van der Waals surface area contributed by atoms with Crippen LogP contribution in [0.15, 0.2) is 54.9 Å². The number of benzene rings is 1. The molecule has 0 aliphatic rings. The Morgan fingerprint density at radius 2 is 1.32 bits per heavy atom. The molecule has 1 heteroatoms. The van der Waals surface area contributed by atoms with E-state index in [0.29, 0.717) is 11.3 Å². The quantitative estimate of drug-likeness (QED) is 0.551. The second kappa shape index (κ2) is 9.17. The Morgan fingerprint density at radius 1 is 0.800 bits per heavy atom. The summed E-state index contributed by atoms with van der Waals surface area (Å²) in [7, 11) is 0. The van der Waals surface area contributed by atoms with Crippen LogP contribution >= 0.6 is 0 Å². The van der Waals surface area contributed by atoms with E-state index in [1.807, 2.05) is 13.8 Å². The van der Waals surface area contributed by atoms with Gasteiger partial charge in [0.05, 0.1) is 0 Å². The van der Waals surface area contributed by atoms with Crippen LogP contribution in [-0.4, -0.2) is 0 Å². The average Bonchev–Trinajstić information content (AvgIpc) is 2.55. The molecule has 2 aromatic rings. The fourth-order valence-corrected chi connectivity index (χ4v) is 3.14.